The Kier molecular flexibility index (Phi) is 9.21. The standard InChI is InChI=1S/C17H34F3NO4SSi/c1-10-24-14(22)12(25-27(8,9)16(5,6)7)11-13(17(18,19)20)21-26(23)15(2,3)4/h12-13,21H,10-11H2,1-9H3/q-1/t12?,13-,26+/m0/s1. The molecule has 0 rings (SSSR count). The molecule has 0 fully saturated rings. The van der Waals surface area contributed by atoms with Gasteiger partial charge in [-0.15, -0.1) is 18.1 Å². The number of nitrogens with one attached hydrogen (secondary N) is 1. The Labute approximate surface area is 164 Å². The lowest BCUT2D eigenvalue weighted by Gasteiger charge is -2.50. The lowest BCUT2D eigenvalue weighted by molar-refractivity contribution is -0.166. The van der Waals surface area contributed by atoms with Crippen molar-refractivity contribution in [2.24, 2.45) is 0 Å². The predicted octanol–water partition coefficient (Wildman–Crippen LogP) is 4.31. The maximum atomic E-state index is 13.6. The van der Waals surface area contributed by atoms with Gasteiger partial charge in [-0.05, 0) is 36.0 Å². The molecule has 0 heterocycles. The lowest BCUT2D eigenvalue weighted by Crippen LogP contribution is -2.53. The van der Waals surface area contributed by atoms with E-state index in [2.05, 4.69) is 4.72 Å². The summed E-state index contributed by atoms with van der Waals surface area (Å²) in [7, 11) is -4.49. The smallest absolute Gasteiger partial charge is 0.404 e. The molecule has 3 atom stereocenters. The molecule has 0 amide bonds. The van der Waals surface area contributed by atoms with Gasteiger partial charge in [0.05, 0.1) is 22.3 Å². The molecule has 0 aliphatic heterocycles. The van der Waals surface area contributed by atoms with Gasteiger partial charge in [0.25, 0.3) is 0 Å². The highest BCUT2D eigenvalue weighted by Gasteiger charge is 2.45. The number of alkyl halides is 3. The second-order valence-corrected chi connectivity index (χ2v) is 15.7. The van der Waals surface area contributed by atoms with Crippen molar-refractivity contribution in [1.29, 1.82) is 0 Å². The van der Waals surface area contributed by atoms with Gasteiger partial charge in [-0.1, -0.05) is 20.8 Å². The highest BCUT2D eigenvalue weighted by molar-refractivity contribution is 7.84. The maximum absolute atomic E-state index is 13.6. The molecule has 0 bridgehead atoms. The van der Waals surface area contributed by atoms with Crippen LogP contribution >= 0.6 is 0 Å². The number of ether oxygens (including phenoxy) is 1. The van der Waals surface area contributed by atoms with Crippen molar-refractivity contribution in [3.63, 3.8) is 0 Å². The molecular weight excluding hydrogens is 399 g/mol. The molecule has 0 aromatic rings. The normalized spacial score (nSPS) is 17.3. The third kappa shape index (κ3) is 8.62. The predicted molar refractivity (Wildman–Crippen MR) is 104 cm³/mol. The summed E-state index contributed by atoms with van der Waals surface area (Å²) in [6.45, 7) is 15.8. The van der Waals surface area contributed by atoms with Crippen LogP contribution < -0.4 is 4.72 Å². The van der Waals surface area contributed by atoms with Gasteiger partial charge in [-0.25, -0.2) is 13.7 Å². The molecule has 0 aliphatic rings. The molecule has 0 aromatic heterocycles. The first kappa shape index (κ1) is 26.5. The Morgan fingerprint density at radius 3 is 1.93 bits per heavy atom. The average Bonchev–Trinajstić information content (AvgIpc) is 2.42. The van der Waals surface area contributed by atoms with Crippen molar-refractivity contribution in [3.8, 4) is 0 Å². The van der Waals surface area contributed by atoms with Crippen LogP contribution in [0.4, 0.5) is 13.2 Å². The first-order valence-electron chi connectivity index (χ1n) is 8.92. The summed E-state index contributed by atoms with van der Waals surface area (Å²) >= 11 is 0. The van der Waals surface area contributed by atoms with Crippen molar-refractivity contribution in [1.82, 2.24) is 4.72 Å². The molecule has 5 nitrogen and oxygen atoms in total. The largest absolute Gasteiger partial charge is 0.554 e. The molecule has 0 saturated carbocycles. The van der Waals surface area contributed by atoms with Gasteiger partial charge in [0.1, 0.15) is 12.1 Å². The highest BCUT2D eigenvalue weighted by Crippen LogP contribution is 2.38. The Bertz CT molecular complexity index is 528. The number of halogens is 3. The fourth-order valence-corrected chi connectivity index (χ4v) is 3.83. The Balaban J connectivity index is 5.68. The summed E-state index contributed by atoms with van der Waals surface area (Å²) in [5, 5.41) is -0.298. The van der Waals surface area contributed by atoms with Crippen molar-refractivity contribution in [2.75, 3.05) is 6.61 Å². The molecule has 0 spiro atoms. The molecule has 0 aromatic carbocycles. The Morgan fingerprint density at radius 1 is 1.11 bits per heavy atom. The van der Waals surface area contributed by atoms with E-state index in [0.717, 1.165) is 0 Å². The quantitative estimate of drug-likeness (QED) is 0.458. The minimum Gasteiger partial charge on any atom is -0.554 e. The first-order valence-corrected chi connectivity index (χ1v) is 13.0. The highest BCUT2D eigenvalue weighted by atomic mass is 32.2. The van der Waals surface area contributed by atoms with E-state index in [1.807, 2.05) is 33.9 Å². The van der Waals surface area contributed by atoms with E-state index in [1.54, 1.807) is 27.7 Å². The van der Waals surface area contributed by atoms with E-state index in [1.165, 1.54) is 0 Å². The Hall–Kier alpha value is -0.453. The first-order chi connectivity index (χ1) is 11.8. The van der Waals surface area contributed by atoms with E-state index in [-0.39, 0.29) is 11.6 Å². The minimum absolute atomic E-state index is 0.0359. The monoisotopic (exact) mass is 433 g/mol. The maximum Gasteiger partial charge on any atom is 0.404 e. The lowest BCUT2D eigenvalue weighted by atomic mass is 10.1. The Morgan fingerprint density at radius 2 is 1.59 bits per heavy atom. The van der Waals surface area contributed by atoms with E-state index < -0.39 is 54.8 Å². The van der Waals surface area contributed by atoms with E-state index >= 15 is 0 Å². The van der Waals surface area contributed by atoms with Crippen LogP contribution in [0.2, 0.25) is 18.1 Å². The zero-order valence-corrected chi connectivity index (χ0v) is 19.6. The molecule has 1 unspecified atom stereocenters. The molecule has 10 heteroatoms. The van der Waals surface area contributed by atoms with Gasteiger partial charge < -0.3 is 9.16 Å². The number of hydrogen-bond donors (Lipinski definition) is 1. The number of rotatable bonds is 8. The number of carbonyl (C=O) groups is 1. The summed E-state index contributed by atoms with van der Waals surface area (Å²) in [5.41, 5.74) is 0. The second kappa shape index (κ2) is 9.36. The van der Waals surface area contributed by atoms with Crippen molar-refractivity contribution in [2.45, 2.75) is 96.1 Å². The van der Waals surface area contributed by atoms with E-state index in [0.29, 0.717) is 0 Å². The van der Waals surface area contributed by atoms with Crippen molar-refractivity contribution < 1.29 is 31.3 Å². The fourth-order valence-electron chi connectivity index (χ4n) is 1.73. The van der Waals surface area contributed by atoms with Crippen molar-refractivity contribution in [3.05, 3.63) is 0 Å². The summed E-state index contributed by atoms with van der Waals surface area (Å²) < 4.78 is 65.0. The van der Waals surface area contributed by atoms with Crippen molar-refractivity contribution >= 4 is 25.3 Å². The van der Waals surface area contributed by atoms with Crippen LogP contribution in [0.5, 0.6) is 0 Å². The molecule has 0 aliphatic carbocycles. The van der Waals surface area contributed by atoms with Gasteiger partial charge in [0.2, 0.25) is 0 Å². The van der Waals surface area contributed by atoms with Gasteiger partial charge in [-0.2, -0.15) is 13.2 Å². The van der Waals surface area contributed by atoms with Crippen LogP contribution in [0.15, 0.2) is 0 Å². The molecule has 0 saturated heterocycles. The molecule has 1 N–H and O–H groups in total. The summed E-state index contributed by atoms with van der Waals surface area (Å²) in [6.07, 6.45) is -6.78. The van der Waals surface area contributed by atoms with Crippen LogP contribution in [0.3, 0.4) is 0 Å². The summed E-state index contributed by atoms with van der Waals surface area (Å²) in [6, 6.07) is -2.16. The van der Waals surface area contributed by atoms with Crippen LogP contribution in [-0.4, -0.2) is 48.2 Å². The molecule has 163 valence electrons. The third-order valence-electron chi connectivity index (χ3n) is 4.44. The zero-order chi connectivity index (χ0) is 21.8. The van der Waals surface area contributed by atoms with Crippen LogP contribution in [0.1, 0.15) is 54.9 Å². The average molecular weight is 434 g/mol. The molecule has 27 heavy (non-hydrogen) atoms. The minimum atomic E-state index is -4.69. The zero-order valence-electron chi connectivity index (χ0n) is 17.7. The second-order valence-electron chi connectivity index (χ2n) is 8.95. The van der Waals surface area contributed by atoms with Gasteiger partial charge in [-0.3, -0.25) is 0 Å². The number of hydrogen-bond acceptors (Lipinski definition) is 4. The van der Waals surface area contributed by atoms with Gasteiger partial charge >= 0.3 is 12.1 Å². The van der Waals surface area contributed by atoms with Crippen LogP contribution in [0.25, 0.3) is 0 Å². The summed E-state index contributed by atoms with van der Waals surface area (Å²) in [4.78, 5) is 12.3. The van der Waals surface area contributed by atoms with E-state index in [4.69, 9.17) is 9.16 Å². The topological polar surface area (TPSA) is 64.6 Å². The SMILES string of the molecule is CCOC(=O)C(C[C@H](N[S@](=O)C(C)(C)C)C(F)(F)F)O[Si-](C)(C)C(C)(C)C. The van der Waals surface area contributed by atoms with Gasteiger partial charge in [0, 0.05) is 6.42 Å². The fraction of sp³-hybridized carbons (Fsp3) is 0.941. The molecule has 0 radical (unpaired) electrons. The van der Waals surface area contributed by atoms with E-state index in [9.17, 15) is 22.2 Å². The van der Waals surface area contributed by atoms with Crippen LogP contribution in [-0.2, 0) is 24.9 Å². The van der Waals surface area contributed by atoms with Gasteiger partial charge in [0.15, 0.2) is 0 Å². The summed E-state index contributed by atoms with van der Waals surface area (Å²) in [5.74, 6) is -0.833. The molecular formula is C17H34F3NO4SSi-. The third-order valence-corrected chi connectivity index (χ3v) is 10.5. The number of carbonyl (C=O) groups excluding carboxylic acids is 1. The van der Waals surface area contributed by atoms with Crippen LogP contribution in [0, 0.1) is 0 Å². The number of esters is 1.